The standard InChI is InChI=1S/C18H21FN4/c1-13-4-3-7-22(11-13)18-17(21)9-16(10-20)23(18)12-14-5-2-6-15(19)8-14/h2,5-6,8-9,13H,3-4,7,11-12,21H2,1H3/t13-/m0/s1. The van der Waals surface area contributed by atoms with E-state index in [1.807, 2.05) is 10.6 Å². The number of benzene rings is 1. The molecule has 23 heavy (non-hydrogen) atoms. The predicted octanol–water partition coefficient (Wildman–Crippen LogP) is 3.37. The van der Waals surface area contributed by atoms with Crippen LogP contribution in [0.25, 0.3) is 0 Å². The molecule has 1 fully saturated rings. The molecule has 120 valence electrons. The molecule has 1 aromatic heterocycles. The van der Waals surface area contributed by atoms with Gasteiger partial charge in [0, 0.05) is 13.1 Å². The number of anilines is 2. The maximum Gasteiger partial charge on any atom is 0.133 e. The molecule has 0 spiro atoms. The van der Waals surface area contributed by atoms with E-state index in [1.54, 1.807) is 12.1 Å². The number of hydrogen-bond donors (Lipinski definition) is 1. The van der Waals surface area contributed by atoms with Crippen molar-refractivity contribution in [2.24, 2.45) is 5.92 Å². The molecule has 2 N–H and O–H groups in total. The van der Waals surface area contributed by atoms with Gasteiger partial charge in [-0.1, -0.05) is 19.1 Å². The van der Waals surface area contributed by atoms with Crippen molar-refractivity contribution >= 4 is 11.5 Å². The van der Waals surface area contributed by atoms with Gasteiger partial charge in [-0.05, 0) is 42.5 Å². The minimum absolute atomic E-state index is 0.269. The number of halogens is 1. The van der Waals surface area contributed by atoms with E-state index >= 15 is 0 Å². The van der Waals surface area contributed by atoms with Crippen molar-refractivity contribution in [3.63, 3.8) is 0 Å². The van der Waals surface area contributed by atoms with Crippen LogP contribution >= 0.6 is 0 Å². The summed E-state index contributed by atoms with van der Waals surface area (Å²) in [6.45, 7) is 4.54. The summed E-state index contributed by atoms with van der Waals surface area (Å²) in [4.78, 5) is 2.25. The first-order valence-electron chi connectivity index (χ1n) is 7.97. The van der Waals surface area contributed by atoms with E-state index in [9.17, 15) is 9.65 Å². The summed E-state index contributed by atoms with van der Waals surface area (Å²) in [6.07, 6.45) is 2.33. The fraction of sp³-hybridized carbons (Fsp3) is 0.389. The van der Waals surface area contributed by atoms with Gasteiger partial charge < -0.3 is 15.2 Å². The van der Waals surface area contributed by atoms with Gasteiger partial charge in [0.1, 0.15) is 23.4 Å². The van der Waals surface area contributed by atoms with Crippen LogP contribution in [-0.4, -0.2) is 17.7 Å². The summed E-state index contributed by atoms with van der Waals surface area (Å²) >= 11 is 0. The Morgan fingerprint density at radius 3 is 2.91 bits per heavy atom. The third-order valence-electron chi connectivity index (χ3n) is 4.40. The van der Waals surface area contributed by atoms with Crippen molar-refractivity contribution in [3.05, 3.63) is 47.4 Å². The molecule has 0 saturated carbocycles. The van der Waals surface area contributed by atoms with Crippen molar-refractivity contribution in [3.8, 4) is 6.07 Å². The third kappa shape index (κ3) is 3.16. The van der Waals surface area contributed by atoms with Gasteiger partial charge >= 0.3 is 0 Å². The summed E-state index contributed by atoms with van der Waals surface area (Å²) in [5, 5.41) is 9.42. The Morgan fingerprint density at radius 2 is 2.22 bits per heavy atom. The average Bonchev–Trinajstić information content (AvgIpc) is 2.83. The maximum atomic E-state index is 13.5. The van der Waals surface area contributed by atoms with Gasteiger partial charge in [0.15, 0.2) is 0 Å². The SMILES string of the molecule is C[C@H]1CCCN(c2c(N)cc(C#N)n2Cc2cccc(F)c2)C1. The summed E-state index contributed by atoms with van der Waals surface area (Å²) in [5.74, 6) is 1.22. The quantitative estimate of drug-likeness (QED) is 0.945. The Balaban J connectivity index is 1.99. The van der Waals surface area contributed by atoms with E-state index in [0.717, 1.165) is 30.9 Å². The first-order chi connectivity index (χ1) is 11.1. The van der Waals surface area contributed by atoms with Gasteiger partial charge in [-0.3, -0.25) is 0 Å². The van der Waals surface area contributed by atoms with Crippen molar-refractivity contribution in [1.82, 2.24) is 4.57 Å². The second-order valence-corrected chi connectivity index (χ2v) is 6.33. The van der Waals surface area contributed by atoms with Crippen molar-refractivity contribution in [2.45, 2.75) is 26.3 Å². The highest BCUT2D eigenvalue weighted by Gasteiger charge is 2.23. The topological polar surface area (TPSA) is 58.0 Å². The lowest BCUT2D eigenvalue weighted by atomic mass is 10.0. The van der Waals surface area contributed by atoms with Gasteiger partial charge in [-0.2, -0.15) is 5.26 Å². The molecule has 1 aromatic carbocycles. The van der Waals surface area contributed by atoms with Gasteiger partial charge in [0.2, 0.25) is 0 Å². The van der Waals surface area contributed by atoms with Crippen molar-refractivity contribution in [2.75, 3.05) is 23.7 Å². The Hall–Kier alpha value is -2.48. The minimum atomic E-state index is -0.269. The Bertz CT molecular complexity index is 744. The van der Waals surface area contributed by atoms with Crippen LogP contribution in [0.2, 0.25) is 0 Å². The van der Waals surface area contributed by atoms with E-state index in [-0.39, 0.29) is 5.82 Å². The first kappa shape index (κ1) is 15.4. The number of aromatic nitrogens is 1. The van der Waals surface area contributed by atoms with Gasteiger partial charge in [0.25, 0.3) is 0 Å². The number of nitrogen functional groups attached to an aromatic ring is 1. The summed E-state index contributed by atoms with van der Waals surface area (Å²) in [7, 11) is 0. The highest BCUT2D eigenvalue weighted by atomic mass is 19.1. The Kier molecular flexibility index (Phi) is 4.24. The first-order valence-corrected chi connectivity index (χ1v) is 7.97. The van der Waals surface area contributed by atoms with Gasteiger partial charge in [-0.15, -0.1) is 0 Å². The molecule has 1 saturated heterocycles. The molecule has 4 nitrogen and oxygen atoms in total. The summed E-state index contributed by atoms with van der Waals surface area (Å²) < 4.78 is 15.4. The molecular formula is C18H21FN4. The largest absolute Gasteiger partial charge is 0.396 e. The highest BCUT2D eigenvalue weighted by molar-refractivity contribution is 5.68. The molecule has 1 atom stereocenters. The molecule has 2 heterocycles. The summed E-state index contributed by atoms with van der Waals surface area (Å²) in [6, 6.07) is 10.4. The fourth-order valence-corrected chi connectivity index (χ4v) is 3.37. The van der Waals surface area contributed by atoms with Crippen LogP contribution in [0.5, 0.6) is 0 Å². The lowest BCUT2D eigenvalue weighted by Crippen LogP contribution is -2.36. The Labute approximate surface area is 135 Å². The van der Waals surface area contributed by atoms with E-state index in [1.165, 1.54) is 18.6 Å². The number of nitrogens with two attached hydrogens (primary N) is 1. The predicted molar refractivity (Wildman–Crippen MR) is 89.7 cm³/mol. The molecule has 0 amide bonds. The number of nitrogens with zero attached hydrogens (tertiary/aromatic N) is 3. The molecule has 0 bridgehead atoms. The smallest absolute Gasteiger partial charge is 0.133 e. The monoisotopic (exact) mass is 312 g/mol. The molecule has 0 unspecified atom stereocenters. The average molecular weight is 312 g/mol. The molecule has 1 aliphatic rings. The minimum Gasteiger partial charge on any atom is -0.396 e. The van der Waals surface area contributed by atoms with Crippen molar-refractivity contribution < 1.29 is 4.39 Å². The van der Waals surface area contributed by atoms with Crippen LogP contribution in [-0.2, 0) is 6.54 Å². The lowest BCUT2D eigenvalue weighted by Gasteiger charge is -2.34. The molecule has 3 rings (SSSR count). The van der Waals surface area contributed by atoms with Crippen molar-refractivity contribution in [1.29, 1.82) is 5.26 Å². The van der Waals surface area contributed by atoms with Gasteiger partial charge in [-0.25, -0.2) is 4.39 Å². The number of piperidine rings is 1. The van der Waals surface area contributed by atoms with Gasteiger partial charge in [0.05, 0.1) is 12.2 Å². The molecule has 5 heteroatoms. The highest BCUT2D eigenvalue weighted by Crippen LogP contribution is 2.32. The van der Waals surface area contributed by atoms with E-state index in [2.05, 4.69) is 17.9 Å². The molecule has 0 radical (unpaired) electrons. The number of hydrogen-bond acceptors (Lipinski definition) is 3. The van der Waals surface area contributed by atoms with Crippen LogP contribution in [0.15, 0.2) is 30.3 Å². The molecule has 2 aromatic rings. The fourth-order valence-electron chi connectivity index (χ4n) is 3.37. The zero-order valence-corrected chi connectivity index (χ0v) is 13.3. The maximum absolute atomic E-state index is 13.5. The van der Waals surface area contributed by atoms with Crippen LogP contribution < -0.4 is 10.6 Å². The lowest BCUT2D eigenvalue weighted by molar-refractivity contribution is 0.441. The van der Waals surface area contributed by atoms with Crippen LogP contribution in [0.1, 0.15) is 31.0 Å². The molecule has 0 aliphatic carbocycles. The number of nitriles is 1. The number of rotatable bonds is 3. The summed E-state index contributed by atoms with van der Waals surface area (Å²) in [5.41, 5.74) is 8.14. The van der Waals surface area contributed by atoms with E-state index in [4.69, 9.17) is 5.73 Å². The van der Waals surface area contributed by atoms with Crippen LogP contribution in [0.4, 0.5) is 15.9 Å². The second-order valence-electron chi connectivity index (χ2n) is 6.33. The Morgan fingerprint density at radius 1 is 1.39 bits per heavy atom. The van der Waals surface area contributed by atoms with Crippen LogP contribution in [0, 0.1) is 23.1 Å². The molecule has 1 aliphatic heterocycles. The third-order valence-corrected chi connectivity index (χ3v) is 4.40. The zero-order valence-electron chi connectivity index (χ0n) is 13.3. The molecular weight excluding hydrogens is 291 g/mol. The second kappa shape index (κ2) is 6.33. The van der Waals surface area contributed by atoms with E-state index in [0.29, 0.717) is 23.8 Å². The zero-order chi connectivity index (χ0) is 16.4. The van der Waals surface area contributed by atoms with Crippen LogP contribution in [0.3, 0.4) is 0 Å². The normalized spacial score (nSPS) is 18.0. The van der Waals surface area contributed by atoms with E-state index < -0.39 is 0 Å².